The number of benzene rings is 1. The lowest BCUT2D eigenvalue weighted by Crippen LogP contribution is -2.47. The van der Waals surface area contributed by atoms with Gasteiger partial charge in [-0.3, -0.25) is 4.79 Å². The fourth-order valence-electron chi connectivity index (χ4n) is 3.30. The van der Waals surface area contributed by atoms with E-state index in [1.807, 2.05) is 0 Å². The molecule has 3 heterocycles. The molecule has 0 radical (unpaired) electrons. The predicted octanol–water partition coefficient (Wildman–Crippen LogP) is 3.82. The fraction of sp³-hybridized carbons (Fsp3) is 0.235. The molecule has 0 bridgehead atoms. The van der Waals surface area contributed by atoms with Crippen LogP contribution in [-0.4, -0.2) is 38.1 Å². The van der Waals surface area contributed by atoms with Gasteiger partial charge in [0, 0.05) is 24.4 Å². The summed E-state index contributed by atoms with van der Waals surface area (Å²) in [4.78, 5) is 17.4. The minimum atomic E-state index is -4.84. The molecule has 1 aliphatic rings. The van der Waals surface area contributed by atoms with Gasteiger partial charge in [0.2, 0.25) is 0 Å². The Hall–Kier alpha value is -2.68. The summed E-state index contributed by atoms with van der Waals surface area (Å²) >= 11 is 5.80. The van der Waals surface area contributed by atoms with Gasteiger partial charge in [0.15, 0.2) is 17.4 Å². The number of halogens is 5. The molecule has 3 aromatic rings. The smallest absolute Gasteiger partial charge is 0.321 e. The minimum Gasteiger partial charge on any atom is -0.321 e. The molecule has 0 saturated heterocycles. The molecule has 0 aliphatic carbocycles. The van der Waals surface area contributed by atoms with Crippen LogP contribution in [0.25, 0.3) is 5.65 Å². The van der Waals surface area contributed by atoms with Crippen molar-refractivity contribution < 1.29 is 22.4 Å². The van der Waals surface area contributed by atoms with Gasteiger partial charge in [-0.2, -0.15) is 18.3 Å². The largest absolute Gasteiger partial charge is 0.413 e. The Morgan fingerprint density at radius 2 is 2.07 bits per heavy atom. The van der Waals surface area contributed by atoms with Crippen molar-refractivity contribution >= 4 is 23.2 Å². The highest BCUT2D eigenvalue weighted by Gasteiger charge is 2.50. The van der Waals surface area contributed by atoms with Gasteiger partial charge in [-0.05, 0) is 18.1 Å². The number of aromatic nitrogens is 3. The molecule has 1 atom stereocenters. The normalized spacial score (nSPS) is 17.2. The van der Waals surface area contributed by atoms with Crippen LogP contribution in [0.4, 0.5) is 17.6 Å². The zero-order chi connectivity index (χ0) is 19.3. The van der Waals surface area contributed by atoms with E-state index in [9.17, 15) is 22.4 Å². The third-order valence-corrected chi connectivity index (χ3v) is 4.62. The van der Waals surface area contributed by atoms with Crippen molar-refractivity contribution in [1.29, 1.82) is 0 Å². The number of alkyl halides is 3. The van der Waals surface area contributed by atoms with E-state index in [2.05, 4.69) is 10.1 Å². The van der Waals surface area contributed by atoms with Gasteiger partial charge in [0.1, 0.15) is 5.82 Å². The van der Waals surface area contributed by atoms with Crippen LogP contribution in [0.2, 0.25) is 5.02 Å². The molecule has 0 saturated carbocycles. The van der Waals surface area contributed by atoms with Crippen LogP contribution in [0.1, 0.15) is 27.7 Å². The minimum absolute atomic E-state index is 0.114. The summed E-state index contributed by atoms with van der Waals surface area (Å²) in [5.41, 5.74) is -0.243. The van der Waals surface area contributed by atoms with Crippen LogP contribution in [0, 0.1) is 5.82 Å². The maximum absolute atomic E-state index is 14.2. The summed E-state index contributed by atoms with van der Waals surface area (Å²) in [7, 11) is 0. The molecule has 0 fully saturated rings. The van der Waals surface area contributed by atoms with Gasteiger partial charge in [0.05, 0.1) is 11.2 Å². The quantitative estimate of drug-likeness (QED) is 0.585. The first-order valence-electron chi connectivity index (χ1n) is 7.91. The Bertz CT molecular complexity index is 1050. The number of carbonyl (C=O) groups excluding carboxylic acids is 1. The molecule has 0 N–H and O–H groups in total. The van der Waals surface area contributed by atoms with Crippen LogP contribution >= 0.6 is 11.6 Å². The Labute approximate surface area is 155 Å². The summed E-state index contributed by atoms with van der Waals surface area (Å²) in [6.45, 7) is -0.207. The summed E-state index contributed by atoms with van der Waals surface area (Å²) in [6.07, 6.45) is -2.01. The van der Waals surface area contributed by atoms with Crippen molar-refractivity contribution in [3.63, 3.8) is 0 Å². The number of fused-ring (bicyclic) bond motifs is 2. The van der Waals surface area contributed by atoms with Gasteiger partial charge >= 0.3 is 6.18 Å². The lowest BCUT2D eigenvalue weighted by molar-refractivity contribution is -0.182. The molecule has 1 unspecified atom stereocenters. The van der Waals surface area contributed by atoms with E-state index in [0.717, 1.165) is 6.07 Å². The van der Waals surface area contributed by atoms with Crippen molar-refractivity contribution in [2.45, 2.75) is 18.6 Å². The van der Waals surface area contributed by atoms with Gasteiger partial charge in [-0.15, -0.1) is 0 Å². The van der Waals surface area contributed by atoms with Crippen LogP contribution in [0.15, 0.2) is 36.7 Å². The van der Waals surface area contributed by atoms with Crippen LogP contribution < -0.4 is 0 Å². The molecular weight excluding hydrogens is 388 g/mol. The molecule has 5 nitrogen and oxygen atoms in total. The van der Waals surface area contributed by atoms with Gasteiger partial charge in [0.25, 0.3) is 5.91 Å². The number of amides is 1. The summed E-state index contributed by atoms with van der Waals surface area (Å²) in [5, 5.41) is 4.22. The number of hydrogen-bond acceptors (Lipinski definition) is 3. The molecule has 140 valence electrons. The van der Waals surface area contributed by atoms with E-state index < -0.39 is 29.5 Å². The first-order chi connectivity index (χ1) is 12.8. The maximum Gasteiger partial charge on any atom is 0.413 e. The van der Waals surface area contributed by atoms with Crippen molar-refractivity contribution in [1.82, 2.24) is 19.5 Å². The second kappa shape index (κ2) is 6.19. The van der Waals surface area contributed by atoms with Gasteiger partial charge in [-0.25, -0.2) is 13.9 Å². The molecule has 0 spiro atoms. The highest BCUT2D eigenvalue weighted by Crippen LogP contribution is 2.43. The Kier molecular flexibility index (Phi) is 4.06. The Morgan fingerprint density at radius 1 is 1.30 bits per heavy atom. The summed E-state index contributed by atoms with van der Waals surface area (Å²) < 4.78 is 56.7. The average molecular weight is 399 g/mol. The molecule has 1 aliphatic heterocycles. The van der Waals surface area contributed by atoms with Crippen LogP contribution in [-0.2, 0) is 6.42 Å². The highest BCUT2D eigenvalue weighted by atomic mass is 35.5. The van der Waals surface area contributed by atoms with Crippen molar-refractivity contribution in [3.8, 4) is 0 Å². The second-order valence-corrected chi connectivity index (χ2v) is 6.55. The van der Waals surface area contributed by atoms with Gasteiger partial charge in [-0.1, -0.05) is 23.7 Å². The first-order valence-corrected chi connectivity index (χ1v) is 8.29. The molecular formula is C17H11ClF4N4O. The number of hydrogen-bond donors (Lipinski definition) is 0. The van der Waals surface area contributed by atoms with Crippen molar-refractivity contribution in [2.75, 3.05) is 6.54 Å². The van der Waals surface area contributed by atoms with Crippen LogP contribution in [0.5, 0.6) is 0 Å². The van der Waals surface area contributed by atoms with Crippen molar-refractivity contribution in [2.24, 2.45) is 0 Å². The predicted molar refractivity (Wildman–Crippen MR) is 87.9 cm³/mol. The molecule has 4 rings (SSSR count). The monoisotopic (exact) mass is 398 g/mol. The SMILES string of the molecule is O=C(c1cc2ncc(Cl)cn2n1)N1CCc2cccc(F)c2C1C(F)(F)F. The van der Waals surface area contributed by atoms with E-state index in [1.165, 1.54) is 35.1 Å². The highest BCUT2D eigenvalue weighted by molar-refractivity contribution is 6.30. The zero-order valence-corrected chi connectivity index (χ0v) is 14.3. The van der Waals surface area contributed by atoms with Crippen LogP contribution in [0.3, 0.4) is 0 Å². The van der Waals surface area contributed by atoms with E-state index in [4.69, 9.17) is 11.6 Å². The summed E-state index contributed by atoms with van der Waals surface area (Å²) in [6, 6.07) is 2.65. The molecule has 1 aromatic carbocycles. The number of nitrogens with zero attached hydrogens (tertiary/aromatic N) is 4. The second-order valence-electron chi connectivity index (χ2n) is 6.11. The average Bonchev–Trinajstić information content (AvgIpc) is 3.02. The van der Waals surface area contributed by atoms with E-state index in [1.54, 1.807) is 0 Å². The Balaban J connectivity index is 1.79. The maximum atomic E-state index is 14.2. The van der Waals surface area contributed by atoms with E-state index >= 15 is 0 Å². The summed E-state index contributed by atoms with van der Waals surface area (Å²) in [5.74, 6) is -1.94. The standard InChI is InChI=1S/C17H11ClF4N4O/c18-10-7-23-13-6-12(24-26(13)8-10)16(27)25-5-4-9-2-1-3-11(19)14(9)15(25)17(20,21)22/h1-3,6-8,15H,4-5H2. The van der Waals surface area contributed by atoms with E-state index in [-0.39, 0.29) is 34.9 Å². The molecule has 2 aromatic heterocycles. The van der Waals surface area contributed by atoms with E-state index in [0.29, 0.717) is 4.90 Å². The third kappa shape index (κ3) is 3.01. The third-order valence-electron chi connectivity index (χ3n) is 4.42. The number of carbonyl (C=O) groups is 1. The fourth-order valence-corrected chi connectivity index (χ4v) is 3.44. The zero-order valence-electron chi connectivity index (χ0n) is 13.5. The lowest BCUT2D eigenvalue weighted by atomic mass is 9.91. The molecule has 10 heteroatoms. The van der Waals surface area contributed by atoms with Gasteiger partial charge < -0.3 is 4.90 Å². The topological polar surface area (TPSA) is 50.5 Å². The first kappa shape index (κ1) is 17.7. The van der Waals surface area contributed by atoms with Crippen molar-refractivity contribution in [3.05, 3.63) is 64.3 Å². The lowest BCUT2D eigenvalue weighted by Gasteiger charge is -2.38. The number of rotatable bonds is 1. The Morgan fingerprint density at radius 3 is 2.81 bits per heavy atom. The molecule has 1 amide bonds. The molecule has 27 heavy (non-hydrogen) atoms.